The summed E-state index contributed by atoms with van der Waals surface area (Å²) in [5.74, 6) is -1.01. The molecule has 0 aromatic heterocycles. The van der Waals surface area contributed by atoms with Gasteiger partial charge in [-0.3, -0.25) is 9.59 Å². The van der Waals surface area contributed by atoms with E-state index < -0.39 is 5.78 Å². The highest BCUT2D eigenvalue weighted by Crippen LogP contribution is 2.37. The van der Waals surface area contributed by atoms with Crippen LogP contribution in [0.25, 0.3) is 0 Å². The van der Waals surface area contributed by atoms with Gasteiger partial charge in [-0.05, 0) is 34.5 Å². The van der Waals surface area contributed by atoms with E-state index in [0.717, 1.165) is 6.08 Å². The molecule has 0 atom stereocenters. The van der Waals surface area contributed by atoms with E-state index in [2.05, 4.69) is 15.9 Å². The van der Waals surface area contributed by atoms with E-state index in [0.29, 0.717) is 5.56 Å². The van der Waals surface area contributed by atoms with Gasteiger partial charge in [0.05, 0.1) is 20.6 Å². The van der Waals surface area contributed by atoms with Crippen LogP contribution in [0.1, 0.15) is 26.3 Å². The van der Waals surface area contributed by atoms with Crippen molar-refractivity contribution < 1.29 is 14.7 Å². The van der Waals surface area contributed by atoms with Gasteiger partial charge in [-0.2, -0.15) is 0 Å². The summed E-state index contributed by atoms with van der Waals surface area (Å²) in [7, 11) is 0. The quantitative estimate of drug-likeness (QED) is 0.801. The van der Waals surface area contributed by atoms with Crippen molar-refractivity contribution in [3.63, 3.8) is 0 Å². The zero-order chi connectivity index (χ0) is 12.0. The standard InChI is InChI=1S/C11H6BrClO3/c1-4-2-6(13)8-7(14)3-5(12)11(16)9(8)10(4)15/h2-3,15H,1H3. The lowest BCUT2D eigenvalue weighted by Crippen LogP contribution is -2.15. The van der Waals surface area contributed by atoms with Crippen LogP contribution in [0.3, 0.4) is 0 Å². The summed E-state index contributed by atoms with van der Waals surface area (Å²) in [4.78, 5) is 23.5. The monoisotopic (exact) mass is 300 g/mol. The fourth-order valence-corrected chi connectivity index (χ4v) is 2.36. The van der Waals surface area contributed by atoms with Gasteiger partial charge < -0.3 is 5.11 Å². The first kappa shape index (κ1) is 11.4. The fraction of sp³-hybridized carbons (Fsp3) is 0.0909. The highest BCUT2D eigenvalue weighted by molar-refractivity contribution is 9.12. The van der Waals surface area contributed by atoms with Crippen molar-refractivity contribution in [1.82, 2.24) is 0 Å². The van der Waals surface area contributed by atoms with Crippen LogP contribution in [0.2, 0.25) is 5.02 Å². The van der Waals surface area contributed by atoms with Gasteiger partial charge in [0.15, 0.2) is 5.78 Å². The summed E-state index contributed by atoms with van der Waals surface area (Å²) in [6.07, 6.45) is 1.16. The Kier molecular flexibility index (Phi) is 2.64. The number of carbonyl (C=O) groups is 2. The molecule has 1 aliphatic rings. The number of phenols is 1. The molecule has 1 aliphatic carbocycles. The lowest BCUT2D eigenvalue weighted by atomic mass is 9.92. The maximum Gasteiger partial charge on any atom is 0.204 e. The van der Waals surface area contributed by atoms with Crippen molar-refractivity contribution >= 4 is 39.1 Å². The highest BCUT2D eigenvalue weighted by atomic mass is 79.9. The molecule has 1 N–H and O–H groups in total. The Bertz CT molecular complexity index is 561. The highest BCUT2D eigenvalue weighted by Gasteiger charge is 2.30. The van der Waals surface area contributed by atoms with E-state index in [1.54, 1.807) is 6.92 Å². The Labute approximate surface area is 105 Å². The summed E-state index contributed by atoms with van der Waals surface area (Å²) < 4.78 is 0.127. The van der Waals surface area contributed by atoms with E-state index in [9.17, 15) is 14.7 Å². The molecule has 1 aromatic carbocycles. The number of aryl methyl sites for hydroxylation is 1. The number of Topliss-reactive ketones (excluding diaryl/α,β-unsaturated/α-hetero) is 1. The second-order valence-electron chi connectivity index (χ2n) is 3.46. The smallest absolute Gasteiger partial charge is 0.204 e. The number of allylic oxidation sites excluding steroid dienone is 2. The zero-order valence-electron chi connectivity index (χ0n) is 8.17. The van der Waals surface area contributed by atoms with E-state index in [4.69, 9.17) is 11.6 Å². The summed E-state index contributed by atoms with van der Waals surface area (Å²) in [6, 6.07) is 1.47. The summed E-state index contributed by atoms with van der Waals surface area (Å²) in [5.41, 5.74) is 0.509. The summed E-state index contributed by atoms with van der Waals surface area (Å²) >= 11 is 8.88. The predicted molar refractivity (Wildman–Crippen MR) is 63.5 cm³/mol. The Morgan fingerprint density at radius 1 is 1.31 bits per heavy atom. The first-order valence-electron chi connectivity index (χ1n) is 4.41. The van der Waals surface area contributed by atoms with E-state index in [-0.39, 0.29) is 32.2 Å². The Morgan fingerprint density at radius 2 is 1.94 bits per heavy atom. The van der Waals surface area contributed by atoms with Gasteiger partial charge in [0.2, 0.25) is 5.78 Å². The fourth-order valence-electron chi connectivity index (χ4n) is 1.60. The van der Waals surface area contributed by atoms with Crippen molar-refractivity contribution in [3.8, 4) is 5.75 Å². The molecule has 0 fully saturated rings. The number of aromatic hydroxyl groups is 1. The molecule has 0 bridgehead atoms. The molecule has 0 saturated carbocycles. The van der Waals surface area contributed by atoms with E-state index in [1.807, 2.05) is 0 Å². The lowest BCUT2D eigenvalue weighted by molar-refractivity contribution is 0.0989. The second-order valence-corrected chi connectivity index (χ2v) is 4.72. The Balaban J connectivity index is 2.87. The van der Waals surface area contributed by atoms with Crippen molar-refractivity contribution in [3.05, 3.63) is 38.3 Å². The van der Waals surface area contributed by atoms with Gasteiger partial charge in [0.25, 0.3) is 0 Å². The SMILES string of the molecule is Cc1cc(Cl)c2c(c1O)C(=O)C(Br)=CC2=O. The van der Waals surface area contributed by atoms with Crippen LogP contribution in [0, 0.1) is 6.92 Å². The molecule has 5 heteroatoms. The number of hydrogen-bond acceptors (Lipinski definition) is 3. The molecule has 0 aliphatic heterocycles. The maximum absolute atomic E-state index is 11.8. The molecule has 0 amide bonds. The molecule has 0 radical (unpaired) electrons. The molecule has 0 spiro atoms. The van der Waals surface area contributed by atoms with E-state index in [1.165, 1.54) is 6.07 Å². The topological polar surface area (TPSA) is 54.4 Å². The van der Waals surface area contributed by atoms with Gasteiger partial charge in [0, 0.05) is 6.08 Å². The number of carbonyl (C=O) groups excluding carboxylic acids is 2. The van der Waals surface area contributed by atoms with Crippen LogP contribution >= 0.6 is 27.5 Å². The van der Waals surface area contributed by atoms with E-state index >= 15 is 0 Å². The van der Waals surface area contributed by atoms with Gasteiger partial charge >= 0.3 is 0 Å². The average molecular weight is 302 g/mol. The molecule has 0 saturated heterocycles. The van der Waals surface area contributed by atoms with Crippen LogP contribution in [-0.4, -0.2) is 16.7 Å². The summed E-state index contributed by atoms with van der Waals surface area (Å²) in [6.45, 7) is 1.62. The molecule has 16 heavy (non-hydrogen) atoms. The Hall–Kier alpha value is -1.13. The third-order valence-electron chi connectivity index (χ3n) is 2.39. The normalized spacial score (nSPS) is 14.8. The molecule has 2 rings (SSSR count). The number of ketones is 2. The minimum absolute atomic E-state index is 0.0237. The zero-order valence-corrected chi connectivity index (χ0v) is 10.5. The van der Waals surface area contributed by atoms with Crippen LogP contribution in [0.5, 0.6) is 5.75 Å². The number of fused-ring (bicyclic) bond motifs is 1. The minimum atomic E-state index is -0.433. The number of benzene rings is 1. The largest absolute Gasteiger partial charge is 0.507 e. The van der Waals surface area contributed by atoms with Crippen molar-refractivity contribution in [2.75, 3.05) is 0 Å². The van der Waals surface area contributed by atoms with Gasteiger partial charge in [0.1, 0.15) is 5.75 Å². The molecular weight excluding hydrogens is 295 g/mol. The van der Waals surface area contributed by atoms with Crippen LogP contribution in [-0.2, 0) is 0 Å². The maximum atomic E-state index is 11.8. The van der Waals surface area contributed by atoms with Gasteiger partial charge in [-0.1, -0.05) is 11.6 Å². The average Bonchev–Trinajstić information content (AvgIpc) is 2.20. The van der Waals surface area contributed by atoms with Gasteiger partial charge in [-0.15, -0.1) is 0 Å². The molecule has 3 nitrogen and oxygen atoms in total. The predicted octanol–water partition coefficient (Wildman–Crippen LogP) is 3.01. The third kappa shape index (κ3) is 1.49. The molecule has 0 heterocycles. The van der Waals surface area contributed by atoms with Gasteiger partial charge in [-0.25, -0.2) is 0 Å². The molecule has 1 aromatic rings. The molecular formula is C11H6BrClO3. The lowest BCUT2D eigenvalue weighted by Gasteiger charge is -2.16. The molecule has 0 unspecified atom stereocenters. The summed E-state index contributed by atoms with van der Waals surface area (Å²) in [5, 5.41) is 9.97. The number of hydrogen-bond donors (Lipinski definition) is 1. The minimum Gasteiger partial charge on any atom is -0.507 e. The van der Waals surface area contributed by atoms with Crippen LogP contribution in [0.15, 0.2) is 16.6 Å². The third-order valence-corrected chi connectivity index (χ3v) is 3.28. The van der Waals surface area contributed by atoms with Crippen LogP contribution < -0.4 is 0 Å². The van der Waals surface area contributed by atoms with Crippen LogP contribution in [0.4, 0.5) is 0 Å². The Morgan fingerprint density at radius 3 is 2.56 bits per heavy atom. The first-order chi connectivity index (χ1) is 7.43. The number of phenolic OH excluding ortho intramolecular Hbond substituents is 1. The van der Waals surface area contributed by atoms with Crippen molar-refractivity contribution in [2.24, 2.45) is 0 Å². The molecule has 82 valence electrons. The number of rotatable bonds is 0. The second kappa shape index (κ2) is 3.71. The van der Waals surface area contributed by atoms with Crippen molar-refractivity contribution in [1.29, 1.82) is 0 Å². The van der Waals surface area contributed by atoms with Crippen molar-refractivity contribution in [2.45, 2.75) is 6.92 Å². The first-order valence-corrected chi connectivity index (χ1v) is 5.59. The number of halogens is 2.